The Bertz CT molecular complexity index is 899. The van der Waals surface area contributed by atoms with Crippen LogP contribution in [0.25, 0.3) is 10.9 Å². The van der Waals surface area contributed by atoms with E-state index < -0.39 is 14.9 Å². The Morgan fingerprint density at radius 3 is 2.79 bits per heavy atom. The standard InChI is InChI=1S/C15H18N4O4S/c1-10-11(2)18(9-8-16-10)24(22,23)14-6-5-13(19(20)21)12-4-3-7-17-15(12)14/h3-7,10-11,16H,8-9H2,1-2H3. The van der Waals surface area contributed by atoms with E-state index in [4.69, 9.17) is 0 Å². The predicted molar refractivity (Wildman–Crippen MR) is 89.2 cm³/mol. The molecular formula is C15H18N4O4S. The van der Waals surface area contributed by atoms with Crippen molar-refractivity contribution < 1.29 is 13.3 Å². The number of rotatable bonds is 3. The van der Waals surface area contributed by atoms with Gasteiger partial charge in [-0.25, -0.2) is 8.42 Å². The highest BCUT2D eigenvalue weighted by atomic mass is 32.2. The fourth-order valence-electron chi connectivity index (χ4n) is 2.99. The highest BCUT2D eigenvalue weighted by Gasteiger charge is 2.36. The summed E-state index contributed by atoms with van der Waals surface area (Å²) < 4.78 is 27.7. The number of hydrogen-bond donors (Lipinski definition) is 1. The Balaban J connectivity index is 2.19. The minimum atomic E-state index is -3.80. The van der Waals surface area contributed by atoms with Crippen molar-refractivity contribution in [1.82, 2.24) is 14.6 Å². The predicted octanol–water partition coefficient (Wildman–Crippen LogP) is 1.51. The van der Waals surface area contributed by atoms with Gasteiger partial charge in [-0.15, -0.1) is 0 Å². The van der Waals surface area contributed by atoms with Crippen molar-refractivity contribution in [2.75, 3.05) is 13.1 Å². The second kappa shape index (κ2) is 6.08. The van der Waals surface area contributed by atoms with Crippen LogP contribution in [0.4, 0.5) is 5.69 Å². The summed E-state index contributed by atoms with van der Waals surface area (Å²) in [5, 5.41) is 14.6. The van der Waals surface area contributed by atoms with Crippen LogP contribution in [0.2, 0.25) is 0 Å². The van der Waals surface area contributed by atoms with Gasteiger partial charge in [0.15, 0.2) is 0 Å². The lowest BCUT2D eigenvalue weighted by Gasteiger charge is -2.37. The second-order valence-electron chi connectivity index (χ2n) is 5.84. The SMILES string of the molecule is CC1NCCN(S(=O)(=O)c2ccc([N+](=O)[O-])c3cccnc23)C1C. The molecule has 0 radical (unpaired) electrons. The number of nitro groups is 1. The third-order valence-corrected chi connectivity index (χ3v) is 6.49. The van der Waals surface area contributed by atoms with Gasteiger partial charge >= 0.3 is 0 Å². The summed E-state index contributed by atoms with van der Waals surface area (Å²) in [6, 6.07) is 5.38. The Morgan fingerprint density at radius 2 is 2.08 bits per heavy atom. The first kappa shape index (κ1) is 16.7. The Kier molecular flexibility index (Phi) is 4.24. The Morgan fingerprint density at radius 1 is 1.33 bits per heavy atom. The van der Waals surface area contributed by atoms with Crippen LogP contribution in [-0.2, 0) is 10.0 Å². The topological polar surface area (TPSA) is 105 Å². The van der Waals surface area contributed by atoms with E-state index in [0.717, 1.165) is 0 Å². The summed E-state index contributed by atoms with van der Waals surface area (Å²) in [6.45, 7) is 4.68. The monoisotopic (exact) mass is 350 g/mol. The summed E-state index contributed by atoms with van der Waals surface area (Å²) in [5.41, 5.74) is -0.0242. The van der Waals surface area contributed by atoms with Crippen molar-refractivity contribution in [3.8, 4) is 0 Å². The summed E-state index contributed by atoms with van der Waals surface area (Å²) in [7, 11) is -3.80. The van der Waals surface area contributed by atoms with Gasteiger partial charge in [0.05, 0.1) is 15.8 Å². The zero-order valence-corrected chi connectivity index (χ0v) is 14.2. The number of benzene rings is 1. The van der Waals surface area contributed by atoms with Crippen molar-refractivity contribution in [3.05, 3.63) is 40.6 Å². The lowest BCUT2D eigenvalue weighted by molar-refractivity contribution is -0.383. The number of piperazine rings is 1. The molecule has 128 valence electrons. The van der Waals surface area contributed by atoms with E-state index in [2.05, 4.69) is 10.3 Å². The van der Waals surface area contributed by atoms with Gasteiger partial charge in [0.2, 0.25) is 10.0 Å². The maximum atomic E-state index is 13.1. The molecule has 1 aromatic carbocycles. The fraction of sp³-hybridized carbons (Fsp3) is 0.400. The summed E-state index contributed by atoms with van der Waals surface area (Å²) in [6.07, 6.45) is 1.44. The molecule has 0 amide bonds. The fourth-order valence-corrected chi connectivity index (χ4v) is 4.84. The average Bonchev–Trinajstić information content (AvgIpc) is 2.55. The highest BCUT2D eigenvalue weighted by Crippen LogP contribution is 2.32. The average molecular weight is 350 g/mol. The Labute approximate surface area is 139 Å². The van der Waals surface area contributed by atoms with Crippen molar-refractivity contribution in [3.63, 3.8) is 0 Å². The number of sulfonamides is 1. The molecule has 2 unspecified atom stereocenters. The largest absolute Gasteiger partial charge is 0.311 e. The number of fused-ring (bicyclic) bond motifs is 1. The van der Waals surface area contributed by atoms with Crippen molar-refractivity contribution in [2.45, 2.75) is 30.8 Å². The van der Waals surface area contributed by atoms with Crippen molar-refractivity contribution >= 4 is 26.6 Å². The molecule has 1 saturated heterocycles. The lowest BCUT2D eigenvalue weighted by Crippen LogP contribution is -2.57. The van der Waals surface area contributed by atoms with E-state index >= 15 is 0 Å². The lowest BCUT2D eigenvalue weighted by atomic mass is 10.1. The molecule has 0 spiro atoms. The third-order valence-electron chi connectivity index (χ3n) is 4.47. The molecule has 3 rings (SSSR count). The number of nitrogens with one attached hydrogen (secondary N) is 1. The maximum Gasteiger partial charge on any atom is 0.278 e. The highest BCUT2D eigenvalue weighted by molar-refractivity contribution is 7.89. The molecule has 2 heterocycles. The zero-order valence-electron chi connectivity index (χ0n) is 13.3. The molecule has 2 aromatic rings. The number of nitrogens with zero attached hydrogens (tertiary/aromatic N) is 3. The van der Waals surface area contributed by atoms with E-state index in [1.54, 1.807) is 6.07 Å². The molecule has 8 nitrogen and oxygen atoms in total. The molecule has 0 bridgehead atoms. The van der Waals surface area contributed by atoms with Crippen LogP contribution in [0.5, 0.6) is 0 Å². The van der Waals surface area contributed by atoms with Crippen molar-refractivity contribution in [1.29, 1.82) is 0 Å². The van der Waals surface area contributed by atoms with E-state index in [9.17, 15) is 18.5 Å². The van der Waals surface area contributed by atoms with Gasteiger partial charge in [-0.2, -0.15) is 4.31 Å². The molecule has 0 aliphatic carbocycles. The first-order valence-corrected chi connectivity index (χ1v) is 9.05. The number of aromatic nitrogens is 1. The molecule has 9 heteroatoms. The smallest absolute Gasteiger partial charge is 0.278 e. The van der Waals surface area contributed by atoms with Crippen LogP contribution in [0, 0.1) is 10.1 Å². The molecule has 24 heavy (non-hydrogen) atoms. The van der Waals surface area contributed by atoms with E-state index in [1.165, 1.54) is 28.7 Å². The van der Waals surface area contributed by atoms with Crippen LogP contribution < -0.4 is 5.32 Å². The van der Waals surface area contributed by atoms with Crippen LogP contribution >= 0.6 is 0 Å². The van der Waals surface area contributed by atoms with E-state index in [0.29, 0.717) is 13.1 Å². The van der Waals surface area contributed by atoms with Crippen molar-refractivity contribution in [2.24, 2.45) is 0 Å². The number of hydrogen-bond acceptors (Lipinski definition) is 6. The minimum absolute atomic E-state index is 0.00431. The minimum Gasteiger partial charge on any atom is -0.311 e. The van der Waals surface area contributed by atoms with Gasteiger partial charge in [0.1, 0.15) is 4.90 Å². The van der Waals surface area contributed by atoms with Gasteiger partial charge in [-0.1, -0.05) is 0 Å². The van der Waals surface area contributed by atoms with Crippen LogP contribution in [0.15, 0.2) is 35.4 Å². The van der Waals surface area contributed by atoms with Crippen LogP contribution in [0.1, 0.15) is 13.8 Å². The molecule has 1 N–H and O–H groups in total. The van der Waals surface area contributed by atoms with Gasteiger partial charge in [0, 0.05) is 37.4 Å². The van der Waals surface area contributed by atoms with Gasteiger partial charge in [-0.05, 0) is 32.0 Å². The van der Waals surface area contributed by atoms with E-state index in [-0.39, 0.29) is 33.6 Å². The summed E-state index contributed by atoms with van der Waals surface area (Å²) >= 11 is 0. The molecular weight excluding hydrogens is 332 g/mol. The first-order valence-electron chi connectivity index (χ1n) is 7.61. The molecule has 0 saturated carbocycles. The van der Waals surface area contributed by atoms with Crippen LogP contribution in [-0.4, -0.2) is 47.8 Å². The normalized spacial score (nSPS) is 22.6. The summed E-state index contributed by atoms with van der Waals surface area (Å²) in [5.74, 6) is 0. The first-order chi connectivity index (χ1) is 11.3. The molecule has 1 aromatic heterocycles. The molecule has 2 atom stereocenters. The van der Waals surface area contributed by atoms with Crippen LogP contribution in [0.3, 0.4) is 0 Å². The summed E-state index contributed by atoms with van der Waals surface area (Å²) in [4.78, 5) is 14.8. The Hall–Kier alpha value is -2.10. The maximum absolute atomic E-state index is 13.1. The number of pyridine rings is 1. The second-order valence-corrected chi connectivity index (χ2v) is 7.70. The molecule has 1 aliphatic heterocycles. The number of nitro benzene ring substituents is 1. The van der Waals surface area contributed by atoms with Gasteiger partial charge in [0.25, 0.3) is 5.69 Å². The van der Waals surface area contributed by atoms with Gasteiger partial charge < -0.3 is 5.32 Å². The molecule has 1 fully saturated rings. The van der Waals surface area contributed by atoms with Gasteiger partial charge in [-0.3, -0.25) is 15.1 Å². The number of non-ortho nitro benzene ring substituents is 1. The quantitative estimate of drug-likeness (QED) is 0.664. The molecule has 1 aliphatic rings. The van der Waals surface area contributed by atoms with E-state index in [1.807, 2.05) is 13.8 Å². The third kappa shape index (κ3) is 2.64. The zero-order chi connectivity index (χ0) is 17.5.